The monoisotopic (exact) mass is 265 g/mol. The Bertz CT molecular complexity index is 303. The van der Waals surface area contributed by atoms with Crippen LogP contribution in [0.3, 0.4) is 0 Å². The average Bonchev–Trinajstić information content (AvgIpc) is 3.19. The first kappa shape index (κ1) is 13.2. The number of carbonyl (C=O) groups is 1. The molecule has 19 heavy (non-hydrogen) atoms. The van der Waals surface area contributed by atoms with Crippen molar-refractivity contribution in [2.45, 2.75) is 63.5 Å². The Hall–Kier alpha value is -0.770. The lowest BCUT2D eigenvalue weighted by atomic mass is 10.2. The molecule has 0 aromatic heterocycles. The lowest BCUT2D eigenvalue weighted by Crippen LogP contribution is -2.49. The first-order valence-corrected chi connectivity index (χ1v) is 8.13. The number of likely N-dealkylation sites (tertiary alicyclic amines) is 1. The van der Waals surface area contributed by atoms with Crippen LogP contribution < -0.4 is 5.32 Å². The van der Waals surface area contributed by atoms with E-state index in [-0.39, 0.29) is 0 Å². The van der Waals surface area contributed by atoms with E-state index in [1.807, 2.05) is 0 Å². The van der Waals surface area contributed by atoms with Crippen LogP contribution in [0.2, 0.25) is 0 Å². The first-order chi connectivity index (χ1) is 9.34. The largest absolute Gasteiger partial charge is 0.325 e. The van der Waals surface area contributed by atoms with Gasteiger partial charge in [-0.05, 0) is 45.1 Å². The minimum Gasteiger partial charge on any atom is -0.325 e. The van der Waals surface area contributed by atoms with Gasteiger partial charge in [-0.15, -0.1) is 0 Å². The Balaban J connectivity index is 1.59. The van der Waals surface area contributed by atoms with E-state index < -0.39 is 0 Å². The summed E-state index contributed by atoms with van der Waals surface area (Å²) in [5, 5.41) is 3.53. The van der Waals surface area contributed by atoms with E-state index in [1.165, 1.54) is 51.4 Å². The van der Waals surface area contributed by atoms with Gasteiger partial charge in [-0.2, -0.15) is 0 Å². The Morgan fingerprint density at radius 2 is 1.79 bits per heavy atom. The van der Waals surface area contributed by atoms with Crippen molar-refractivity contribution in [3.05, 3.63) is 0 Å². The number of nitrogens with zero attached hydrogens (tertiary/aromatic N) is 2. The van der Waals surface area contributed by atoms with E-state index in [2.05, 4.69) is 15.1 Å². The highest BCUT2D eigenvalue weighted by Crippen LogP contribution is 2.29. The molecule has 3 fully saturated rings. The molecular weight excluding hydrogens is 238 g/mol. The van der Waals surface area contributed by atoms with Gasteiger partial charge in [0.05, 0.1) is 0 Å². The third-order valence-electron chi connectivity index (χ3n) is 4.69. The molecule has 1 N–H and O–H groups in total. The summed E-state index contributed by atoms with van der Waals surface area (Å²) in [6.45, 7) is 4.00. The second-order valence-electron chi connectivity index (χ2n) is 6.36. The van der Waals surface area contributed by atoms with E-state index >= 15 is 0 Å². The van der Waals surface area contributed by atoms with Crippen LogP contribution in [-0.4, -0.2) is 54.1 Å². The molecule has 2 heterocycles. The quantitative estimate of drug-likeness (QED) is 0.849. The Morgan fingerprint density at radius 3 is 2.37 bits per heavy atom. The van der Waals surface area contributed by atoms with Crippen LogP contribution in [0.15, 0.2) is 0 Å². The molecule has 1 saturated carbocycles. The van der Waals surface area contributed by atoms with Crippen LogP contribution in [0.4, 0.5) is 4.79 Å². The van der Waals surface area contributed by atoms with Gasteiger partial charge in [0.2, 0.25) is 0 Å². The van der Waals surface area contributed by atoms with Crippen molar-refractivity contribution in [2.24, 2.45) is 0 Å². The number of rotatable bonds is 3. The minimum absolute atomic E-state index is 0.318. The average molecular weight is 265 g/mol. The predicted molar refractivity (Wildman–Crippen MR) is 76.2 cm³/mol. The molecule has 3 rings (SSSR count). The molecule has 2 saturated heterocycles. The van der Waals surface area contributed by atoms with Crippen molar-refractivity contribution in [3.8, 4) is 0 Å². The molecule has 1 aliphatic carbocycles. The highest BCUT2D eigenvalue weighted by Gasteiger charge is 2.36. The number of amides is 2. The summed E-state index contributed by atoms with van der Waals surface area (Å²) < 4.78 is 0. The summed E-state index contributed by atoms with van der Waals surface area (Å²) in [6.07, 6.45) is 9.88. The first-order valence-electron chi connectivity index (χ1n) is 8.13. The zero-order valence-electron chi connectivity index (χ0n) is 11.9. The molecule has 0 bridgehead atoms. The Kier molecular flexibility index (Phi) is 4.26. The Morgan fingerprint density at radius 1 is 1.05 bits per heavy atom. The zero-order valence-corrected chi connectivity index (χ0v) is 11.9. The van der Waals surface area contributed by atoms with Crippen molar-refractivity contribution in [1.82, 2.24) is 15.1 Å². The highest BCUT2D eigenvalue weighted by molar-refractivity contribution is 5.75. The van der Waals surface area contributed by atoms with Crippen LogP contribution in [0.1, 0.15) is 51.4 Å². The molecule has 108 valence electrons. The molecular formula is C15H27N3O. The lowest BCUT2D eigenvalue weighted by Gasteiger charge is -2.32. The van der Waals surface area contributed by atoms with Crippen molar-refractivity contribution >= 4 is 6.03 Å². The normalized spacial score (nSPS) is 28.2. The molecule has 1 unspecified atom stereocenters. The van der Waals surface area contributed by atoms with Crippen LogP contribution in [0.5, 0.6) is 0 Å². The third-order valence-corrected chi connectivity index (χ3v) is 4.69. The number of urea groups is 1. The topological polar surface area (TPSA) is 35.6 Å². The number of hydrogen-bond acceptors (Lipinski definition) is 2. The van der Waals surface area contributed by atoms with Gasteiger partial charge in [0.25, 0.3) is 0 Å². The maximum atomic E-state index is 12.7. The number of carbonyl (C=O) groups excluding carboxylic acids is 1. The van der Waals surface area contributed by atoms with E-state index in [9.17, 15) is 4.79 Å². The second kappa shape index (κ2) is 6.12. The minimum atomic E-state index is 0.318. The molecule has 0 aromatic carbocycles. The van der Waals surface area contributed by atoms with Gasteiger partial charge in [0.15, 0.2) is 0 Å². The lowest BCUT2D eigenvalue weighted by molar-refractivity contribution is 0.147. The van der Waals surface area contributed by atoms with Crippen LogP contribution in [0.25, 0.3) is 0 Å². The third kappa shape index (κ3) is 3.41. The standard InChI is InChI=1S/C15H27N3O/c19-15(17-10-3-1-2-4-11-17)18(14-7-8-14)12-13-6-5-9-16-13/h13-14,16H,1-12H2. The van der Waals surface area contributed by atoms with Gasteiger partial charge in [0, 0.05) is 31.7 Å². The molecule has 1 atom stereocenters. The van der Waals surface area contributed by atoms with Crippen molar-refractivity contribution in [2.75, 3.05) is 26.2 Å². The van der Waals surface area contributed by atoms with Crippen LogP contribution >= 0.6 is 0 Å². The van der Waals surface area contributed by atoms with Gasteiger partial charge in [-0.1, -0.05) is 12.8 Å². The van der Waals surface area contributed by atoms with Gasteiger partial charge in [-0.3, -0.25) is 0 Å². The van der Waals surface area contributed by atoms with Crippen LogP contribution in [0, 0.1) is 0 Å². The molecule has 0 spiro atoms. The maximum absolute atomic E-state index is 12.7. The van der Waals surface area contributed by atoms with Gasteiger partial charge < -0.3 is 15.1 Å². The van der Waals surface area contributed by atoms with E-state index in [1.54, 1.807) is 0 Å². The summed E-state index contributed by atoms with van der Waals surface area (Å²) in [6, 6.07) is 1.40. The fourth-order valence-corrected chi connectivity index (χ4v) is 3.36. The maximum Gasteiger partial charge on any atom is 0.320 e. The number of hydrogen-bond donors (Lipinski definition) is 1. The smallest absolute Gasteiger partial charge is 0.320 e. The van der Waals surface area contributed by atoms with Crippen molar-refractivity contribution < 1.29 is 4.79 Å². The summed E-state index contributed by atoms with van der Waals surface area (Å²) in [7, 11) is 0. The summed E-state index contributed by atoms with van der Waals surface area (Å²) >= 11 is 0. The number of nitrogens with one attached hydrogen (secondary N) is 1. The summed E-state index contributed by atoms with van der Waals surface area (Å²) in [4.78, 5) is 17.0. The molecule has 4 heteroatoms. The van der Waals surface area contributed by atoms with E-state index in [4.69, 9.17) is 0 Å². The van der Waals surface area contributed by atoms with Crippen molar-refractivity contribution in [1.29, 1.82) is 0 Å². The summed E-state index contributed by atoms with van der Waals surface area (Å²) in [5.41, 5.74) is 0. The fraction of sp³-hybridized carbons (Fsp3) is 0.933. The second-order valence-corrected chi connectivity index (χ2v) is 6.36. The summed E-state index contributed by atoms with van der Waals surface area (Å²) in [5.74, 6) is 0. The molecule has 3 aliphatic rings. The fourth-order valence-electron chi connectivity index (χ4n) is 3.36. The molecule has 2 amide bonds. The Labute approximate surface area is 116 Å². The predicted octanol–water partition coefficient (Wildman–Crippen LogP) is 2.20. The molecule has 4 nitrogen and oxygen atoms in total. The highest BCUT2D eigenvalue weighted by atomic mass is 16.2. The van der Waals surface area contributed by atoms with E-state index in [0.29, 0.717) is 18.1 Å². The van der Waals surface area contributed by atoms with Gasteiger partial charge >= 0.3 is 6.03 Å². The van der Waals surface area contributed by atoms with Gasteiger partial charge in [-0.25, -0.2) is 4.79 Å². The molecule has 0 aromatic rings. The van der Waals surface area contributed by atoms with Crippen LogP contribution in [-0.2, 0) is 0 Å². The van der Waals surface area contributed by atoms with Crippen molar-refractivity contribution in [3.63, 3.8) is 0 Å². The van der Waals surface area contributed by atoms with E-state index in [0.717, 1.165) is 26.2 Å². The molecule has 0 radical (unpaired) electrons. The SMILES string of the molecule is O=C(N1CCCCCC1)N(CC1CCCN1)C1CC1. The molecule has 2 aliphatic heterocycles. The van der Waals surface area contributed by atoms with Gasteiger partial charge in [0.1, 0.15) is 0 Å². The zero-order chi connectivity index (χ0) is 13.1.